The Kier molecular flexibility index (Phi) is 10.5. The molecule has 2 aromatic rings. The molecule has 0 aliphatic heterocycles. The number of unbranched alkanes of at least 4 members (excludes halogenated alkanes) is 5. The Morgan fingerprint density at radius 1 is 0.621 bits per heavy atom. The topological polar surface area (TPSA) is 71.1 Å². The van der Waals surface area contributed by atoms with Crippen LogP contribution in [0.5, 0.6) is 0 Å². The quantitative estimate of drug-likeness (QED) is 0.248. The molecule has 2 aromatic carbocycles. The molecule has 0 unspecified atom stereocenters. The summed E-state index contributed by atoms with van der Waals surface area (Å²) < 4.78 is 0. The molecule has 2 rings (SSSR count). The van der Waals surface area contributed by atoms with E-state index in [1.165, 1.54) is 0 Å². The lowest BCUT2D eigenvalue weighted by Crippen LogP contribution is -2.16. The minimum absolute atomic E-state index is 0.0873. The molecular weight excluding hydrogens is 372 g/mol. The first-order valence-corrected chi connectivity index (χ1v) is 9.73. The fourth-order valence-electron chi connectivity index (χ4n) is 2.49. The Labute approximate surface area is 171 Å². The van der Waals surface area contributed by atoms with Crippen LogP contribution in [-0.4, -0.2) is 11.9 Å². The zero-order valence-electron chi connectivity index (χ0n) is 16.4. The highest BCUT2D eigenvalue weighted by Crippen LogP contribution is 2.19. The molecule has 0 amide bonds. The first-order chi connectivity index (χ1) is 14.2. The third kappa shape index (κ3) is 8.89. The molecule has 0 aliphatic rings. The second-order valence-electron chi connectivity index (χ2n) is 6.38. The summed E-state index contributed by atoms with van der Waals surface area (Å²) >= 11 is 0. The van der Waals surface area contributed by atoms with Crippen LogP contribution in [0.1, 0.15) is 65.7 Å². The first-order valence-electron chi connectivity index (χ1n) is 9.73. The Balaban J connectivity index is 1.83. The van der Waals surface area contributed by atoms with Crippen molar-refractivity contribution in [3.05, 3.63) is 85.0 Å². The van der Waals surface area contributed by atoms with E-state index in [0.29, 0.717) is 17.5 Å². The van der Waals surface area contributed by atoms with Crippen LogP contribution in [0.2, 0.25) is 0 Å². The van der Waals surface area contributed by atoms with E-state index in [2.05, 4.69) is 6.92 Å². The smallest absolute Gasteiger partial charge is 0.289 e. The number of hydrogen-bond donors (Lipinski definition) is 0. The fraction of sp³-hybridized carbons (Fsp3) is 0.304. The molecular formula is C23H26O6. The van der Waals surface area contributed by atoms with Crippen LogP contribution in [-0.2, 0) is 19.6 Å². The summed E-state index contributed by atoms with van der Waals surface area (Å²) in [5.74, 6) is -1.34. The standard InChI is InChI=1S/C23H26O6/c1-2-3-4-5-6-13-18-21(26-28-22(24)19-14-9-7-10-15-19)27-29-23(25)20-16-11-8-12-17-20/h7-12,14-17H,1-6,13,18H2. The number of rotatable bonds is 13. The lowest BCUT2D eigenvalue weighted by molar-refractivity contribution is -0.363. The van der Waals surface area contributed by atoms with Crippen molar-refractivity contribution in [1.82, 2.24) is 0 Å². The van der Waals surface area contributed by atoms with Crippen molar-refractivity contribution in [3.63, 3.8) is 0 Å². The van der Waals surface area contributed by atoms with Gasteiger partial charge in [0, 0.05) is 6.42 Å². The van der Waals surface area contributed by atoms with Gasteiger partial charge in [-0.15, -0.1) is 9.78 Å². The molecule has 0 fully saturated rings. The van der Waals surface area contributed by atoms with E-state index in [4.69, 9.17) is 19.6 Å². The van der Waals surface area contributed by atoms with Crippen LogP contribution in [0, 0.1) is 13.2 Å². The van der Waals surface area contributed by atoms with Crippen molar-refractivity contribution in [3.8, 4) is 0 Å². The van der Waals surface area contributed by atoms with E-state index in [-0.39, 0.29) is 6.29 Å². The van der Waals surface area contributed by atoms with Gasteiger partial charge in [0.05, 0.1) is 11.1 Å². The van der Waals surface area contributed by atoms with Crippen molar-refractivity contribution >= 4 is 11.9 Å². The van der Waals surface area contributed by atoms with Gasteiger partial charge in [-0.2, -0.15) is 0 Å². The second-order valence-corrected chi connectivity index (χ2v) is 6.38. The van der Waals surface area contributed by atoms with Crippen LogP contribution in [0.3, 0.4) is 0 Å². The number of hydrogen-bond acceptors (Lipinski definition) is 6. The highest BCUT2D eigenvalue weighted by atomic mass is 17.3. The molecule has 0 bridgehead atoms. The van der Waals surface area contributed by atoms with E-state index in [1.807, 2.05) is 0 Å². The molecule has 2 radical (unpaired) electrons. The van der Waals surface area contributed by atoms with Crippen molar-refractivity contribution in [2.24, 2.45) is 0 Å². The van der Waals surface area contributed by atoms with Crippen molar-refractivity contribution in [1.29, 1.82) is 0 Å². The number of carbonyl (C=O) groups excluding carboxylic acids is 2. The molecule has 0 aromatic heterocycles. The summed E-state index contributed by atoms with van der Waals surface area (Å²) in [5.41, 5.74) is 0.669. The summed E-state index contributed by atoms with van der Waals surface area (Å²) in [5, 5.41) is 0. The van der Waals surface area contributed by atoms with E-state index >= 15 is 0 Å². The van der Waals surface area contributed by atoms with Gasteiger partial charge in [-0.1, -0.05) is 75.4 Å². The summed E-state index contributed by atoms with van der Waals surface area (Å²) in [7, 11) is 0. The molecule has 0 aliphatic carbocycles. The third-order valence-corrected chi connectivity index (χ3v) is 4.07. The van der Waals surface area contributed by atoms with E-state index in [9.17, 15) is 9.59 Å². The molecule has 0 heterocycles. The second kappa shape index (κ2) is 13.5. The Morgan fingerprint density at radius 3 is 1.55 bits per heavy atom. The van der Waals surface area contributed by atoms with E-state index < -0.39 is 11.9 Å². The third-order valence-electron chi connectivity index (χ3n) is 4.07. The van der Waals surface area contributed by atoms with Gasteiger partial charge >= 0.3 is 18.2 Å². The lowest BCUT2D eigenvalue weighted by atomic mass is 10.1. The highest BCUT2D eigenvalue weighted by molar-refractivity contribution is 5.89. The molecule has 0 saturated carbocycles. The fourth-order valence-corrected chi connectivity index (χ4v) is 2.49. The van der Waals surface area contributed by atoms with Gasteiger partial charge in [-0.3, -0.25) is 9.78 Å². The molecule has 0 saturated heterocycles. The molecule has 29 heavy (non-hydrogen) atoms. The largest absolute Gasteiger partial charge is 0.373 e. The van der Waals surface area contributed by atoms with E-state index in [0.717, 1.165) is 38.5 Å². The Bertz CT molecular complexity index is 661. The van der Waals surface area contributed by atoms with Gasteiger partial charge < -0.3 is 0 Å². The summed E-state index contributed by atoms with van der Waals surface area (Å²) in [6.07, 6.45) is 6.09. The molecule has 0 N–H and O–H groups in total. The zero-order chi connectivity index (χ0) is 20.7. The number of benzene rings is 2. The predicted molar refractivity (Wildman–Crippen MR) is 107 cm³/mol. The Hall–Kier alpha value is -2.70. The van der Waals surface area contributed by atoms with Gasteiger partial charge in [-0.05, 0) is 30.7 Å². The molecule has 6 nitrogen and oxygen atoms in total. The van der Waals surface area contributed by atoms with Gasteiger partial charge in [-0.25, -0.2) is 9.59 Å². The predicted octanol–water partition coefficient (Wildman–Crippen LogP) is 5.62. The Morgan fingerprint density at radius 2 is 1.07 bits per heavy atom. The zero-order valence-corrected chi connectivity index (χ0v) is 16.4. The summed E-state index contributed by atoms with van der Waals surface area (Å²) in [6, 6.07) is 16.8. The van der Waals surface area contributed by atoms with Crippen LogP contribution in [0.4, 0.5) is 0 Å². The van der Waals surface area contributed by atoms with Gasteiger partial charge in [0.15, 0.2) is 0 Å². The maximum absolute atomic E-state index is 12.0. The SMILES string of the molecule is [CH2]CCCCCCC[C](OOC(=O)c1ccccc1)OOC(=O)c1ccccc1. The van der Waals surface area contributed by atoms with Crippen LogP contribution in [0.15, 0.2) is 60.7 Å². The first kappa shape index (κ1) is 22.6. The maximum atomic E-state index is 12.0. The monoisotopic (exact) mass is 398 g/mol. The van der Waals surface area contributed by atoms with Crippen molar-refractivity contribution in [2.75, 3.05) is 0 Å². The van der Waals surface area contributed by atoms with Gasteiger partial charge in [0.2, 0.25) is 0 Å². The summed E-state index contributed by atoms with van der Waals surface area (Å²) in [4.78, 5) is 43.8. The van der Waals surface area contributed by atoms with E-state index in [1.54, 1.807) is 60.7 Å². The minimum Gasteiger partial charge on any atom is -0.289 e. The molecule has 0 atom stereocenters. The molecule has 0 spiro atoms. The van der Waals surface area contributed by atoms with Crippen LogP contribution in [0.25, 0.3) is 0 Å². The average Bonchev–Trinajstić information content (AvgIpc) is 2.78. The molecule has 154 valence electrons. The lowest BCUT2D eigenvalue weighted by Gasteiger charge is -2.13. The minimum atomic E-state index is -0.670. The van der Waals surface area contributed by atoms with Crippen LogP contribution < -0.4 is 0 Å². The van der Waals surface area contributed by atoms with Gasteiger partial charge in [0.25, 0.3) is 0 Å². The maximum Gasteiger partial charge on any atom is 0.373 e. The van der Waals surface area contributed by atoms with Crippen molar-refractivity contribution < 1.29 is 29.1 Å². The van der Waals surface area contributed by atoms with Gasteiger partial charge in [0.1, 0.15) is 0 Å². The normalized spacial score (nSPS) is 10.7. The van der Waals surface area contributed by atoms with Crippen molar-refractivity contribution in [2.45, 2.75) is 44.9 Å². The highest BCUT2D eigenvalue weighted by Gasteiger charge is 2.21. The molecule has 6 heteroatoms. The summed E-state index contributed by atoms with van der Waals surface area (Å²) in [6.45, 7) is 3.82. The van der Waals surface area contributed by atoms with Crippen LogP contribution >= 0.6 is 0 Å². The number of carbonyl (C=O) groups is 2. The average molecular weight is 398 g/mol.